The zero-order valence-corrected chi connectivity index (χ0v) is 16.5. The van der Waals surface area contributed by atoms with Gasteiger partial charge in [0.2, 0.25) is 0 Å². The van der Waals surface area contributed by atoms with Gasteiger partial charge in [-0.3, -0.25) is 20.3 Å². The molecule has 4 rings (SSSR count). The fourth-order valence-corrected chi connectivity index (χ4v) is 3.46. The summed E-state index contributed by atoms with van der Waals surface area (Å²) in [5.41, 5.74) is 8.24. The molecule has 3 aromatic carbocycles. The number of carbonyl (C=O) groups is 1. The molecule has 1 aromatic heterocycles. The van der Waals surface area contributed by atoms with Crippen molar-refractivity contribution in [3.8, 4) is 28.3 Å². The molecule has 0 fully saturated rings. The van der Waals surface area contributed by atoms with Crippen molar-refractivity contribution in [3.63, 3.8) is 0 Å². The third-order valence-electron chi connectivity index (χ3n) is 4.94. The van der Waals surface area contributed by atoms with Crippen molar-refractivity contribution in [2.75, 3.05) is 0 Å². The number of nitrogens with one attached hydrogen (secondary N) is 2. The number of H-pyrrole nitrogens is 1. The quantitative estimate of drug-likeness (QED) is 0.134. The lowest BCUT2D eigenvalue weighted by molar-refractivity contribution is -0.384. The molecule has 4 aromatic rings. The van der Waals surface area contributed by atoms with Crippen molar-refractivity contribution in [1.82, 2.24) is 9.97 Å². The number of nitro benzene ring substituents is 1. The fraction of sp³-hybridized carbons (Fsp3) is 0.0455. The van der Waals surface area contributed by atoms with Gasteiger partial charge in [0.25, 0.3) is 5.69 Å². The molecule has 10 nitrogen and oxygen atoms in total. The number of aromatic nitrogens is 2. The van der Waals surface area contributed by atoms with Crippen LogP contribution in [0.2, 0.25) is 0 Å². The monoisotopic (exact) mass is 431 g/mol. The molecule has 0 bridgehead atoms. The highest BCUT2D eigenvalue weighted by Crippen LogP contribution is 2.40. The normalized spacial score (nSPS) is 10.9. The number of nitrogen functional groups attached to an aromatic ring is 1. The van der Waals surface area contributed by atoms with Gasteiger partial charge in [0.05, 0.1) is 27.9 Å². The molecule has 1 heterocycles. The molecule has 0 amide bonds. The smallest absolute Gasteiger partial charge is 0.307 e. The topological polar surface area (TPSA) is 179 Å². The van der Waals surface area contributed by atoms with Gasteiger partial charge in [0.1, 0.15) is 17.4 Å². The van der Waals surface area contributed by atoms with Crippen LogP contribution in [0.25, 0.3) is 33.5 Å². The molecule has 0 spiro atoms. The number of imidazole rings is 1. The summed E-state index contributed by atoms with van der Waals surface area (Å²) < 4.78 is 0. The van der Waals surface area contributed by atoms with Gasteiger partial charge >= 0.3 is 5.97 Å². The predicted molar refractivity (Wildman–Crippen MR) is 118 cm³/mol. The zero-order valence-electron chi connectivity index (χ0n) is 16.5. The molecular weight excluding hydrogens is 414 g/mol. The van der Waals surface area contributed by atoms with Crippen molar-refractivity contribution >= 4 is 28.5 Å². The summed E-state index contributed by atoms with van der Waals surface area (Å²) >= 11 is 0. The number of rotatable bonds is 6. The molecule has 0 atom stereocenters. The Balaban J connectivity index is 1.92. The molecule has 0 saturated carbocycles. The van der Waals surface area contributed by atoms with Gasteiger partial charge in [-0.25, -0.2) is 4.98 Å². The number of fused-ring (bicyclic) bond motifs is 1. The molecule has 10 heteroatoms. The Morgan fingerprint density at radius 2 is 1.91 bits per heavy atom. The standard InChI is InChI=1S/C22H17N5O5/c23-21(24)13-4-5-17-18(10-13)26-22(25-17)16-7-11(8-19(28)29)6-15(20(16)30)12-2-1-3-14(9-12)27(31)32/h1-7,9-10,30H,8H2,(H3,23,24)(H,25,26)(H,28,29). The molecular formula is C22H17N5O5. The first-order valence-corrected chi connectivity index (χ1v) is 9.40. The second kappa shape index (κ2) is 7.84. The lowest BCUT2D eigenvalue weighted by atomic mass is 9.96. The number of aliphatic carboxylic acids is 1. The highest BCUT2D eigenvalue weighted by atomic mass is 16.6. The number of amidine groups is 1. The molecule has 32 heavy (non-hydrogen) atoms. The van der Waals surface area contributed by atoms with Crippen LogP contribution in [-0.2, 0) is 11.2 Å². The van der Waals surface area contributed by atoms with Gasteiger partial charge in [-0.2, -0.15) is 0 Å². The number of aromatic hydroxyl groups is 1. The van der Waals surface area contributed by atoms with Gasteiger partial charge in [-0.1, -0.05) is 12.1 Å². The van der Waals surface area contributed by atoms with Crippen molar-refractivity contribution in [3.05, 3.63) is 75.8 Å². The summed E-state index contributed by atoms with van der Waals surface area (Å²) in [6.45, 7) is 0. The maximum atomic E-state index is 11.3. The first-order chi connectivity index (χ1) is 15.2. The van der Waals surface area contributed by atoms with Gasteiger partial charge < -0.3 is 20.9 Å². The van der Waals surface area contributed by atoms with E-state index in [9.17, 15) is 25.1 Å². The van der Waals surface area contributed by atoms with Gasteiger partial charge in [0.15, 0.2) is 0 Å². The Kier molecular flexibility index (Phi) is 5.03. The van der Waals surface area contributed by atoms with Crippen LogP contribution in [-0.4, -0.2) is 36.9 Å². The molecule has 0 aliphatic carbocycles. The van der Waals surface area contributed by atoms with Crippen LogP contribution in [0.1, 0.15) is 11.1 Å². The minimum Gasteiger partial charge on any atom is -0.507 e. The first kappa shape index (κ1) is 20.5. The largest absolute Gasteiger partial charge is 0.507 e. The Morgan fingerprint density at radius 3 is 2.59 bits per heavy atom. The molecule has 0 saturated heterocycles. The summed E-state index contributed by atoms with van der Waals surface area (Å²) in [4.78, 5) is 29.5. The van der Waals surface area contributed by atoms with Crippen LogP contribution in [0.5, 0.6) is 5.75 Å². The van der Waals surface area contributed by atoms with Crippen LogP contribution in [0.15, 0.2) is 54.6 Å². The number of carboxylic acids is 1. The Hall–Kier alpha value is -4.73. The lowest BCUT2D eigenvalue weighted by Crippen LogP contribution is -2.10. The predicted octanol–water partition coefficient (Wildman–Crippen LogP) is 3.42. The number of hydrogen-bond donors (Lipinski definition) is 5. The number of phenolic OH excluding ortho intramolecular Hbond substituents is 1. The zero-order chi connectivity index (χ0) is 23.0. The van der Waals surface area contributed by atoms with E-state index in [2.05, 4.69) is 9.97 Å². The van der Waals surface area contributed by atoms with Crippen LogP contribution in [0.3, 0.4) is 0 Å². The van der Waals surface area contributed by atoms with Crippen molar-refractivity contribution in [2.45, 2.75) is 6.42 Å². The number of hydrogen-bond acceptors (Lipinski definition) is 6. The van der Waals surface area contributed by atoms with Crippen molar-refractivity contribution in [2.24, 2.45) is 5.73 Å². The number of non-ortho nitro benzene ring substituents is 1. The van der Waals surface area contributed by atoms with E-state index < -0.39 is 10.9 Å². The van der Waals surface area contributed by atoms with E-state index >= 15 is 0 Å². The number of benzene rings is 3. The molecule has 160 valence electrons. The van der Waals surface area contributed by atoms with E-state index in [1.165, 1.54) is 30.3 Å². The minimum absolute atomic E-state index is 0.109. The fourth-order valence-electron chi connectivity index (χ4n) is 3.46. The van der Waals surface area contributed by atoms with Crippen molar-refractivity contribution < 1.29 is 19.9 Å². The number of carboxylic acid groups (broad SMARTS) is 1. The first-order valence-electron chi connectivity index (χ1n) is 9.40. The average molecular weight is 431 g/mol. The summed E-state index contributed by atoms with van der Waals surface area (Å²) in [7, 11) is 0. The molecule has 0 aliphatic rings. The Bertz CT molecular complexity index is 1410. The van der Waals surface area contributed by atoms with Crippen molar-refractivity contribution in [1.29, 1.82) is 5.41 Å². The summed E-state index contributed by atoms with van der Waals surface area (Å²) in [5.74, 6) is -1.10. The number of nitrogens with zero attached hydrogens (tertiary/aromatic N) is 2. The third kappa shape index (κ3) is 3.84. The highest BCUT2D eigenvalue weighted by molar-refractivity contribution is 5.98. The number of phenols is 1. The molecule has 0 aliphatic heterocycles. The maximum absolute atomic E-state index is 11.3. The van der Waals surface area contributed by atoms with Crippen LogP contribution in [0, 0.1) is 15.5 Å². The average Bonchev–Trinajstić information content (AvgIpc) is 3.17. The summed E-state index contributed by atoms with van der Waals surface area (Å²) in [5, 5.41) is 39.0. The Morgan fingerprint density at radius 1 is 1.16 bits per heavy atom. The van der Waals surface area contributed by atoms with E-state index in [4.69, 9.17) is 11.1 Å². The SMILES string of the molecule is N=C(N)c1ccc2nc(-c3cc(CC(=O)O)cc(-c4cccc([N+](=O)[O-])c4)c3O)[nH]c2c1. The van der Waals surface area contributed by atoms with E-state index in [0.717, 1.165) is 0 Å². The van der Waals surface area contributed by atoms with E-state index in [1.807, 2.05) is 0 Å². The second-order valence-corrected chi connectivity index (χ2v) is 7.15. The molecule has 6 N–H and O–H groups in total. The number of aromatic amines is 1. The van der Waals surface area contributed by atoms with Crippen LogP contribution < -0.4 is 5.73 Å². The number of nitro groups is 1. The summed E-state index contributed by atoms with van der Waals surface area (Å²) in [6, 6.07) is 13.7. The minimum atomic E-state index is -1.07. The number of nitrogens with two attached hydrogens (primary N) is 1. The Labute approximate surface area is 180 Å². The molecule has 0 unspecified atom stereocenters. The lowest BCUT2D eigenvalue weighted by Gasteiger charge is -2.12. The van der Waals surface area contributed by atoms with E-state index in [0.29, 0.717) is 27.7 Å². The summed E-state index contributed by atoms with van der Waals surface area (Å²) in [6.07, 6.45) is -0.316. The highest BCUT2D eigenvalue weighted by Gasteiger charge is 2.19. The second-order valence-electron chi connectivity index (χ2n) is 7.15. The van der Waals surface area contributed by atoms with E-state index in [-0.39, 0.29) is 40.6 Å². The van der Waals surface area contributed by atoms with Crippen LogP contribution >= 0.6 is 0 Å². The third-order valence-corrected chi connectivity index (χ3v) is 4.94. The van der Waals surface area contributed by atoms with E-state index in [1.54, 1.807) is 24.3 Å². The maximum Gasteiger partial charge on any atom is 0.307 e. The molecule has 0 radical (unpaired) electrons. The van der Waals surface area contributed by atoms with Gasteiger partial charge in [-0.15, -0.1) is 0 Å². The van der Waals surface area contributed by atoms with Crippen LogP contribution in [0.4, 0.5) is 5.69 Å². The van der Waals surface area contributed by atoms with Gasteiger partial charge in [0, 0.05) is 23.3 Å². The van der Waals surface area contributed by atoms with Gasteiger partial charge in [-0.05, 0) is 41.5 Å².